The van der Waals surface area contributed by atoms with E-state index < -0.39 is 11.7 Å². The van der Waals surface area contributed by atoms with Crippen LogP contribution in [0, 0.1) is 26.6 Å². The number of aryl methyl sites for hydroxylation is 3. The number of carbonyl (C=O) groups is 1. The molecule has 1 amide bonds. The molecule has 0 saturated heterocycles. The van der Waals surface area contributed by atoms with Crippen molar-refractivity contribution in [3.05, 3.63) is 58.9 Å². The Balaban J connectivity index is 1.97. The summed E-state index contributed by atoms with van der Waals surface area (Å²) < 4.78 is 19.1. The molecule has 0 aliphatic carbocycles. The van der Waals surface area contributed by atoms with Crippen LogP contribution in [0.15, 0.2) is 36.4 Å². The van der Waals surface area contributed by atoms with Gasteiger partial charge in [0.25, 0.3) is 5.91 Å². The molecular formula is C17H18FNO2. The molecule has 0 aliphatic rings. The van der Waals surface area contributed by atoms with Crippen LogP contribution >= 0.6 is 0 Å². The van der Waals surface area contributed by atoms with Crippen molar-refractivity contribution in [1.82, 2.24) is 0 Å². The molecule has 0 spiro atoms. The molecule has 0 radical (unpaired) electrons. The van der Waals surface area contributed by atoms with Gasteiger partial charge in [0.15, 0.2) is 6.61 Å². The third-order valence-corrected chi connectivity index (χ3v) is 3.10. The molecule has 2 aromatic carbocycles. The molecule has 0 bridgehead atoms. The van der Waals surface area contributed by atoms with Crippen LogP contribution in [0.3, 0.4) is 0 Å². The number of rotatable bonds is 4. The molecule has 0 fully saturated rings. The largest absolute Gasteiger partial charge is 0.483 e. The predicted octanol–water partition coefficient (Wildman–Crippen LogP) is 3.77. The van der Waals surface area contributed by atoms with Gasteiger partial charge in [0.2, 0.25) is 0 Å². The molecule has 110 valence electrons. The second kappa shape index (κ2) is 6.39. The van der Waals surface area contributed by atoms with Gasteiger partial charge in [0.05, 0.1) is 5.69 Å². The molecule has 2 aromatic rings. The minimum atomic E-state index is -0.449. The van der Waals surface area contributed by atoms with E-state index in [2.05, 4.69) is 5.32 Å². The highest BCUT2D eigenvalue weighted by Crippen LogP contribution is 2.19. The first-order valence-electron chi connectivity index (χ1n) is 6.72. The van der Waals surface area contributed by atoms with Crippen LogP contribution < -0.4 is 10.1 Å². The lowest BCUT2D eigenvalue weighted by molar-refractivity contribution is -0.118. The van der Waals surface area contributed by atoms with Crippen molar-refractivity contribution >= 4 is 11.6 Å². The van der Waals surface area contributed by atoms with Gasteiger partial charge in [-0.15, -0.1) is 0 Å². The van der Waals surface area contributed by atoms with Crippen LogP contribution in [0.5, 0.6) is 5.75 Å². The number of anilines is 1. The van der Waals surface area contributed by atoms with Crippen molar-refractivity contribution in [2.75, 3.05) is 11.9 Å². The summed E-state index contributed by atoms with van der Waals surface area (Å²) in [7, 11) is 0. The number of nitrogens with one attached hydrogen (secondary N) is 1. The number of amides is 1. The van der Waals surface area contributed by atoms with Crippen molar-refractivity contribution in [3.8, 4) is 5.75 Å². The molecule has 4 heteroatoms. The number of ether oxygens (including phenoxy) is 1. The lowest BCUT2D eigenvalue weighted by atomic mass is 10.1. The van der Waals surface area contributed by atoms with Crippen molar-refractivity contribution in [2.24, 2.45) is 0 Å². The van der Waals surface area contributed by atoms with E-state index in [1.54, 1.807) is 19.1 Å². The SMILES string of the molecule is Cc1ccc(NC(=O)COc2cc(C)ccc2C)c(F)c1. The van der Waals surface area contributed by atoms with Crippen molar-refractivity contribution < 1.29 is 13.9 Å². The number of carbonyl (C=O) groups excluding carboxylic acids is 1. The summed E-state index contributed by atoms with van der Waals surface area (Å²) in [6.07, 6.45) is 0. The highest BCUT2D eigenvalue weighted by atomic mass is 19.1. The van der Waals surface area contributed by atoms with Crippen LogP contribution in [-0.2, 0) is 4.79 Å². The van der Waals surface area contributed by atoms with Crippen molar-refractivity contribution in [1.29, 1.82) is 0 Å². The summed E-state index contributed by atoms with van der Waals surface area (Å²) in [6.45, 7) is 5.50. The zero-order valence-electron chi connectivity index (χ0n) is 12.4. The number of halogens is 1. The molecule has 0 saturated carbocycles. The fraction of sp³-hybridized carbons (Fsp3) is 0.235. The first kappa shape index (κ1) is 15.0. The Morgan fingerprint density at radius 1 is 1.10 bits per heavy atom. The van der Waals surface area contributed by atoms with E-state index in [4.69, 9.17) is 4.74 Å². The molecule has 0 aliphatic heterocycles. The van der Waals surface area contributed by atoms with E-state index in [0.29, 0.717) is 5.75 Å². The first-order chi connectivity index (χ1) is 9.95. The fourth-order valence-corrected chi connectivity index (χ4v) is 1.91. The standard InChI is InChI=1S/C17H18FNO2/c1-11-5-7-15(14(18)8-11)19-17(20)10-21-16-9-12(2)4-6-13(16)3/h4-9H,10H2,1-3H3,(H,19,20). The molecular weight excluding hydrogens is 269 g/mol. The summed E-state index contributed by atoms with van der Waals surface area (Å²) in [6, 6.07) is 10.4. The average Bonchev–Trinajstić information content (AvgIpc) is 2.43. The van der Waals surface area contributed by atoms with Gasteiger partial charge in [-0.25, -0.2) is 4.39 Å². The first-order valence-corrected chi connectivity index (χ1v) is 6.72. The van der Waals surface area contributed by atoms with Crippen LogP contribution in [0.4, 0.5) is 10.1 Å². The van der Waals surface area contributed by atoms with Crippen LogP contribution in [0.2, 0.25) is 0 Å². The Bertz CT molecular complexity index is 668. The Morgan fingerprint density at radius 3 is 2.48 bits per heavy atom. The zero-order valence-corrected chi connectivity index (χ0v) is 12.4. The maximum Gasteiger partial charge on any atom is 0.262 e. The third-order valence-electron chi connectivity index (χ3n) is 3.10. The second-order valence-corrected chi connectivity index (χ2v) is 5.09. The Kier molecular flexibility index (Phi) is 4.58. The normalized spacial score (nSPS) is 10.3. The van der Waals surface area contributed by atoms with E-state index >= 15 is 0 Å². The molecule has 0 atom stereocenters. The minimum absolute atomic E-state index is 0.155. The van der Waals surface area contributed by atoms with Crippen molar-refractivity contribution in [2.45, 2.75) is 20.8 Å². The molecule has 0 unspecified atom stereocenters. The number of hydrogen-bond acceptors (Lipinski definition) is 2. The Morgan fingerprint density at radius 2 is 1.76 bits per heavy atom. The van der Waals surface area contributed by atoms with Gasteiger partial charge in [-0.3, -0.25) is 4.79 Å². The van der Waals surface area contributed by atoms with Crippen LogP contribution in [-0.4, -0.2) is 12.5 Å². The maximum atomic E-state index is 13.6. The summed E-state index contributed by atoms with van der Waals surface area (Å²) in [5.74, 6) is -0.178. The molecule has 3 nitrogen and oxygen atoms in total. The van der Waals surface area contributed by atoms with Gasteiger partial charge in [-0.05, 0) is 55.7 Å². The maximum absolute atomic E-state index is 13.6. The van der Waals surface area contributed by atoms with Gasteiger partial charge in [-0.1, -0.05) is 18.2 Å². The van der Waals surface area contributed by atoms with E-state index in [1.807, 2.05) is 32.0 Å². The lowest BCUT2D eigenvalue weighted by Crippen LogP contribution is -2.21. The van der Waals surface area contributed by atoms with Crippen molar-refractivity contribution in [3.63, 3.8) is 0 Å². The molecule has 0 heterocycles. The summed E-state index contributed by atoms with van der Waals surface area (Å²) >= 11 is 0. The smallest absolute Gasteiger partial charge is 0.262 e. The Hall–Kier alpha value is -2.36. The highest BCUT2D eigenvalue weighted by molar-refractivity contribution is 5.92. The molecule has 1 N–H and O–H groups in total. The topological polar surface area (TPSA) is 38.3 Å². The zero-order chi connectivity index (χ0) is 15.4. The van der Waals surface area contributed by atoms with Gasteiger partial charge in [0, 0.05) is 0 Å². The molecule has 0 aromatic heterocycles. The third kappa shape index (κ3) is 4.05. The quantitative estimate of drug-likeness (QED) is 0.929. The monoisotopic (exact) mass is 287 g/mol. The summed E-state index contributed by atoms with van der Waals surface area (Å²) in [4.78, 5) is 11.8. The summed E-state index contributed by atoms with van der Waals surface area (Å²) in [5.41, 5.74) is 2.97. The predicted molar refractivity (Wildman–Crippen MR) is 81.2 cm³/mol. The van der Waals surface area contributed by atoms with Gasteiger partial charge >= 0.3 is 0 Å². The van der Waals surface area contributed by atoms with Gasteiger partial charge < -0.3 is 10.1 Å². The lowest BCUT2D eigenvalue weighted by Gasteiger charge is -2.11. The fourth-order valence-electron chi connectivity index (χ4n) is 1.91. The van der Waals surface area contributed by atoms with E-state index in [1.165, 1.54) is 6.07 Å². The highest BCUT2D eigenvalue weighted by Gasteiger charge is 2.09. The minimum Gasteiger partial charge on any atom is -0.483 e. The van der Waals surface area contributed by atoms with E-state index in [9.17, 15) is 9.18 Å². The second-order valence-electron chi connectivity index (χ2n) is 5.09. The number of benzene rings is 2. The van der Waals surface area contributed by atoms with Gasteiger partial charge in [-0.2, -0.15) is 0 Å². The van der Waals surface area contributed by atoms with Crippen LogP contribution in [0.25, 0.3) is 0 Å². The number of hydrogen-bond donors (Lipinski definition) is 1. The Labute approximate surface area is 123 Å². The summed E-state index contributed by atoms with van der Waals surface area (Å²) in [5, 5.41) is 2.50. The van der Waals surface area contributed by atoms with Gasteiger partial charge in [0.1, 0.15) is 11.6 Å². The van der Waals surface area contributed by atoms with E-state index in [0.717, 1.165) is 16.7 Å². The van der Waals surface area contributed by atoms with E-state index in [-0.39, 0.29) is 12.3 Å². The molecule has 2 rings (SSSR count). The molecule has 21 heavy (non-hydrogen) atoms. The van der Waals surface area contributed by atoms with Crippen LogP contribution in [0.1, 0.15) is 16.7 Å². The average molecular weight is 287 g/mol.